The lowest BCUT2D eigenvalue weighted by Crippen LogP contribution is -2.26. The summed E-state index contributed by atoms with van der Waals surface area (Å²) in [6.45, 7) is 1.01. The number of benzene rings is 1. The average molecular weight is 328 g/mol. The topological polar surface area (TPSA) is 81.2 Å². The van der Waals surface area contributed by atoms with E-state index >= 15 is 0 Å². The molecule has 0 aliphatic heterocycles. The summed E-state index contributed by atoms with van der Waals surface area (Å²) < 4.78 is 18.2. The smallest absolute Gasteiger partial charge is 0.226 e. The molecule has 120 valence electrons. The van der Waals surface area contributed by atoms with Crippen LogP contribution in [0, 0.1) is 5.82 Å². The summed E-state index contributed by atoms with van der Waals surface area (Å²) >= 11 is 0. The van der Waals surface area contributed by atoms with E-state index in [0.717, 1.165) is 11.3 Å². The van der Waals surface area contributed by atoms with Crippen LogP contribution in [0.15, 0.2) is 34.9 Å². The highest BCUT2D eigenvalue weighted by molar-refractivity contribution is 5.85. The lowest BCUT2D eigenvalue weighted by atomic mass is 10.2. The van der Waals surface area contributed by atoms with E-state index < -0.39 is 0 Å². The number of nitrogens with one attached hydrogen (secondary N) is 1. The van der Waals surface area contributed by atoms with Crippen molar-refractivity contribution in [2.45, 2.75) is 19.3 Å². The maximum atomic E-state index is 12.8. The lowest BCUT2D eigenvalue weighted by Gasteiger charge is -2.02. The Hall–Kier alpha value is -1.92. The van der Waals surface area contributed by atoms with Crippen LogP contribution in [0.4, 0.5) is 4.39 Å². The zero-order chi connectivity index (χ0) is 15.1. The Balaban J connectivity index is 0.00000242. The quantitative estimate of drug-likeness (QED) is 0.817. The normalized spacial score (nSPS) is 10.1. The summed E-state index contributed by atoms with van der Waals surface area (Å²) in [7, 11) is 0. The van der Waals surface area contributed by atoms with Gasteiger partial charge in [0.05, 0.1) is 5.69 Å². The number of halogens is 2. The molecule has 1 heterocycles. The first-order chi connectivity index (χ1) is 10.2. The first-order valence-electron chi connectivity index (χ1n) is 6.86. The molecule has 0 fully saturated rings. The lowest BCUT2D eigenvalue weighted by molar-refractivity contribution is -0.121. The molecule has 7 heteroatoms. The van der Waals surface area contributed by atoms with Crippen LogP contribution in [0.5, 0.6) is 0 Å². The first-order valence-corrected chi connectivity index (χ1v) is 6.86. The molecule has 22 heavy (non-hydrogen) atoms. The Kier molecular flexibility index (Phi) is 7.56. The number of nitrogens with two attached hydrogens (primary N) is 1. The zero-order valence-corrected chi connectivity index (χ0v) is 12.9. The minimum atomic E-state index is -0.300. The van der Waals surface area contributed by atoms with Crippen molar-refractivity contribution in [3.63, 3.8) is 0 Å². The number of oxazole rings is 1. The van der Waals surface area contributed by atoms with Gasteiger partial charge in [-0.3, -0.25) is 4.79 Å². The van der Waals surface area contributed by atoms with Crippen LogP contribution in [-0.4, -0.2) is 24.0 Å². The second-order valence-electron chi connectivity index (χ2n) is 4.64. The summed E-state index contributed by atoms with van der Waals surface area (Å²) in [5.41, 5.74) is 6.80. The summed E-state index contributed by atoms with van der Waals surface area (Å²) in [5.74, 6) is 0.132. The third-order valence-corrected chi connectivity index (χ3v) is 2.95. The summed E-state index contributed by atoms with van der Waals surface area (Å²) in [4.78, 5) is 15.7. The van der Waals surface area contributed by atoms with E-state index in [-0.39, 0.29) is 24.1 Å². The second kappa shape index (κ2) is 9.17. The Morgan fingerprint density at radius 1 is 1.32 bits per heavy atom. The van der Waals surface area contributed by atoms with Crippen molar-refractivity contribution in [3.05, 3.63) is 42.0 Å². The van der Waals surface area contributed by atoms with Gasteiger partial charge in [-0.1, -0.05) is 0 Å². The van der Waals surface area contributed by atoms with E-state index in [1.165, 1.54) is 12.1 Å². The van der Waals surface area contributed by atoms with Crippen molar-refractivity contribution in [2.75, 3.05) is 13.1 Å². The molecular weight excluding hydrogens is 309 g/mol. The van der Waals surface area contributed by atoms with Crippen LogP contribution >= 0.6 is 12.4 Å². The number of amides is 1. The van der Waals surface area contributed by atoms with Gasteiger partial charge in [0.1, 0.15) is 12.1 Å². The average Bonchev–Trinajstić information content (AvgIpc) is 2.95. The highest BCUT2D eigenvalue weighted by atomic mass is 35.5. The molecule has 0 spiro atoms. The number of hydrogen-bond acceptors (Lipinski definition) is 4. The number of carbonyl (C=O) groups is 1. The van der Waals surface area contributed by atoms with Crippen LogP contribution in [0.2, 0.25) is 0 Å². The largest absolute Gasteiger partial charge is 0.444 e. The zero-order valence-electron chi connectivity index (χ0n) is 12.0. The van der Waals surface area contributed by atoms with Crippen molar-refractivity contribution >= 4 is 18.3 Å². The maximum Gasteiger partial charge on any atom is 0.226 e. The van der Waals surface area contributed by atoms with Crippen molar-refractivity contribution < 1.29 is 13.6 Å². The maximum absolute atomic E-state index is 12.8. The van der Waals surface area contributed by atoms with Crippen LogP contribution < -0.4 is 11.1 Å². The number of aromatic nitrogens is 1. The fraction of sp³-hybridized carbons (Fsp3) is 0.333. The molecule has 1 aromatic carbocycles. The van der Waals surface area contributed by atoms with Gasteiger partial charge in [0, 0.05) is 24.9 Å². The van der Waals surface area contributed by atoms with Crippen LogP contribution in [0.1, 0.15) is 18.5 Å². The summed E-state index contributed by atoms with van der Waals surface area (Å²) in [6.07, 6.45) is 3.25. The molecule has 2 rings (SSSR count). The predicted octanol–water partition coefficient (Wildman–Crippen LogP) is 2.30. The molecule has 0 bridgehead atoms. The van der Waals surface area contributed by atoms with Gasteiger partial charge in [-0.05, 0) is 37.2 Å². The van der Waals surface area contributed by atoms with Crippen LogP contribution in [-0.2, 0) is 11.2 Å². The van der Waals surface area contributed by atoms with E-state index in [1.54, 1.807) is 18.4 Å². The van der Waals surface area contributed by atoms with Gasteiger partial charge >= 0.3 is 0 Å². The molecular formula is C15H19ClFN3O2. The summed E-state index contributed by atoms with van der Waals surface area (Å²) in [6, 6.07) is 5.94. The molecule has 0 atom stereocenters. The fourth-order valence-corrected chi connectivity index (χ4v) is 1.83. The molecule has 1 aromatic heterocycles. The van der Waals surface area contributed by atoms with E-state index in [0.29, 0.717) is 38.2 Å². The molecule has 0 unspecified atom stereocenters. The van der Waals surface area contributed by atoms with Gasteiger partial charge in [0.2, 0.25) is 11.8 Å². The van der Waals surface area contributed by atoms with Crippen LogP contribution in [0.25, 0.3) is 11.5 Å². The van der Waals surface area contributed by atoms with Gasteiger partial charge in [-0.25, -0.2) is 9.37 Å². The van der Waals surface area contributed by atoms with E-state index in [2.05, 4.69) is 10.3 Å². The Morgan fingerprint density at radius 2 is 2.05 bits per heavy atom. The van der Waals surface area contributed by atoms with Gasteiger partial charge in [0.15, 0.2) is 0 Å². The number of nitrogens with zero attached hydrogens (tertiary/aromatic N) is 1. The highest BCUT2D eigenvalue weighted by Gasteiger charge is 2.07. The monoisotopic (exact) mass is 327 g/mol. The Morgan fingerprint density at radius 3 is 2.73 bits per heavy atom. The molecule has 0 saturated heterocycles. The Labute approximate surface area is 134 Å². The molecule has 5 nitrogen and oxygen atoms in total. The summed E-state index contributed by atoms with van der Waals surface area (Å²) in [5, 5.41) is 2.80. The van der Waals surface area contributed by atoms with Gasteiger partial charge in [-0.15, -0.1) is 12.4 Å². The first kappa shape index (κ1) is 18.1. The predicted molar refractivity (Wildman–Crippen MR) is 84.1 cm³/mol. The van der Waals surface area contributed by atoms with Crippen molar-refractivity contribution in [3.8, 4) is 11.5 Å². The van der Waals surface area contributed by atoms with Crippen molar-refractivity contribution in [1.82, 2.24) is 10.3 Å². The Bertz CT molecular complexity index is 587. The molecule has 1 amide bonds. The van der Waals surface area contributed by atoms with Gasteiger partial charge in [-0.2, -0.15) is 0 Å². The molecule has 3 N–H and O–H groups in total. The molecule has 0 radical (unpaired) electrons. The van der Waals surface area contributed by atoms with Crippen molar-refractivity contribution in [2.24, 2.45) is 5.73 Å². The number of hydrogen-bond donors (Lipinski definition) is 2. The highest BCUT2D eigenvalue weighted by Crippen LogP contribution is 2.18. The molecule has 0 aliphatic rings. The third-order valence-electron chi connectivity index (χ3n) is 2.95. The van der Waals surface area contributed by atoms with E-state index in [1.807, 2.05) is 0 Å². The van der Waals surface area contributed by atoms with E-state index in [9.17, 15) is 9.18 Å². The second-order valence-corrected chi connectivity index (χ2v) is 4.64. The van der Waals surface area contributed by atoms with E-state index in [4.69, 9.17) is 10.2 Å². The minimum absolute atomic E-state index is 0. The number of rotatable bonds is 7. The standard InChI is InChI=1S/C15H18FN3O2.ClH/c16-12-5-3-11(4-6-12)15-19-13(10-21-15)7-9-18-14(20)2-1-8-17;/h3-6,10H,1-2,7-9,17H2,(H,18,20);1H. The van der Waals surface area contributed by atoms with Gasteiger partial charge in [0.25, 0.3) is 0 Å². The van der Waals surface area contributed by atoms with Gasteiger partial charge < -0.3 is 15.5 Å². The molecule has 2 aromatic rings. The number of carbonyl (C=O) groups excluding carboxylic acids is 1. The molecule has 0 aliphatic carbocycles. The SMILES string of the molecule is Cl.NCCCC(=O)NCCc1coc(-c2ccc(F)cc2)n1. The van der Waals surface area contributed by atoms with Crippen molar-refractivity contribution in [1.29, 1.82) is 0 Å². The molecule has 0 saturated carbocycles. The fourth-order valence-electron chi connectivity index (χ4n) is 1.83. The minimum Gasteiger partial charge on any atom is -0.444 e. The van der Waals surface area contributed by atoms with Crippen LogP contribution in [0.3, 0.4) is 0 Å². The third kappa shape index (κ3) is 5.46.